The molecule has 0 saturated carbocycles. The molecule has 2 aromatic carbocycles. The van der Waals surface area contributed by atoms with Crippen LogP contribution >= 0.6 is 0 Å². The number of ether oxygens (including phenoxy) is 2. The third kappa shape index (κ3) is 4.63. The quantitative estimate of drug-likeness (QED) is 0.573. The van der Waals surface area contributed by atoms with E-state index in [9.17, 15) is 13.2 Å². The van der Waals surface area contributed by atoms with Crippen LogP contribution < -0.4 is 19.1 Å². The van der Waals surface area contributed by atoms with Crippen LogP contribution in [0.5, 0.6) is 11.6 Å². The van der Waals surface area contributed by atoms with E-state index in [1.807, 2.05) is 18.2 Å². The van der Waals surface area contributed by atoms with Crippen LogP contribution in [0.2, 0.25) is 0 Å². The first-order valence-corrected chi connectivity index (χ1v) is 11.9. The molecule has 172 valence electrons. The fourth-order valence-corrected chi connectivity index (χ4v) is 5.57. The van der Waals surface area contributed by atoms with E-state index in [1.54, 1.807) is 30.5 Å². The first-order chi connectivity index (χ1) is 15.9. The number of amides is 1. The normalized spacial score (nSPS) is 13.2. The maximum Gasteiger partial charge on any atom is 0.268 e. The molecule has 1 aliphatic rings. The van der Waals surface area contributed by atoms with Crippen LogP contribution in [-0.4, -0.2) is 40.1 Å². The second kappa shape index (κ2) is 9.50. The molecule has 4 rings (SSSR count). The first-order valence-electron chi connectivity index (χ1n) is 10.5. The topological polar surface area (TPSA) is 97.8 Å². The molecule has 33 heavy (non-hydrogen) atoms. The van der Waals surface area contributed by atoms with Gasteiger partial charge in [-0.3, -0.25) is 9.10 Å². The number of hydrogen-bond acceptors (Lipinski definition) is 6. The van der Waals surface area contributed by atoms with Gasteiger partial charge in [0, 0.05) is 30.9 Å². The zero-order valence-electron chi connectivity index (χ0n) is 18.4. The maximum atomic E-state index is 13.6. The van der Waals surface area contributed by atoms with Crippen molar-refractivity contribution in [1.82, 2.24) is 10.3 Å². The molecule has 1 N–H and O–H groups in total. The average molecular weight is 468 g/mol. The largest absolute Gasteiger partial charge is 0.495 e. The van der Waals surface area contributed by atoms with Crippen LogP contribution in [0.25, 0.3) is 0 Å². The predicted octanol–water partition coefficient (Wildman–Crippen LogP) is 3.17. The number of aryl methyl sites for hydroxylation is 1. The lowest BCUT2D eigenvalue weighted by Gasteiger charge is -2.31. The molecule has 9 heteroatoms. The minimum Gasteiger partial charge on any atom is -0.495 e. The van der Waals surface area contributed by atoms with E-state index in [4.69, 9.17) is 9.47 Å². The van der Waals surface area contributed by atoms with Crippen LogP contribution in [0.1, 0.15) is 27.9 Å². The van der Waals surface area contributed by atoms with Crippen molar-refractivity contribution in [2.45, 2.75) is 24.3 Å². The monoisotopic (exact) mass is 467 g/mol. The number of carbonyl (C=O) groups is 1. The Bertz CT molecular complexity index is 1280. The number of para-hydroxylation sites is 1. The highest BCUT2D eigenvalue weighted by atomic mass is 32.2. The van der Waals surface area contributed by atoms with Crippen LogP contribution in [-0.2, 0) is 23.0 Å². The number of fused-ring (bicyclic) bond motifs is 1. The highest BCUT2D eigenvalue weighted by molar-refractivity contribution is 7.93. The lowest BCUT2D eigenvalue weighted by atomic mass is 10.0. The third-order valence-electron chi connectivity index (χ3n) is 5.52. The summed E-state index contributed by atoms with van der Waals surface area (Å²) in [5.74, 6) is 0.235. The van der Waals surface area contributed by atoms with Gasteiger partial charge in [-0.1, -0.05) is 18.2 Å². The summed E-state index contributed by atoms with van der Waals surface area (Å²) in [5, 5.41) is 2.81. The van der Waals surface area contributed by atoms with Crippen LogP contribution in [0.15, 0.2) is 65.7 Å². The van der Waals surface area contributed by atoms with Gasteiger partial charge in [-0.05, 0) is 54.3 Å². The molecule has 1 aromatic heterocycles. The van der Waals surface area contributed by atoms with E-state index in [0.29, 0.717) is 24.5 Å². The molecular formula is C24H25N3O5S. The minimum absolute atomic E-state index is 0.0417. The molecule has 0 radical (unpaired) electrons. The molecular weight excluding hydrogens is 442 g/mol. The highest BCUT2D eigenvalue weighted by Crippen LogP contribution is 2.35. The highest BCUT2D eigenvalue weighted by Gasteiger charge is 2.32. The molecule has 8 nitrogen and oxygen atoms in total. The number of nitrogens with one attached hydrogen (secondary N) is 1. The standard InChI is InChI=1S/C24H25N3O5S/c1-31-21-10-9-19(24(28)26-16-17-11-12-25-23(14-17)32-2)15-22(21)33(29,30)27-13-5-7-18-6-3-4-8-20(18)27/h3-4,6,8-12,14-15H,5,7,13,16H2,1-2H3,(H,26,28). The number of aromatic nitrogens is 1. The van der Waals surface area contributed by atoms with Crippen molar-refractivity contribution in [2.24, 2.45) is 0 Å². The average Bonchev–Trinajstić information content (AvgIpc) is 2.86. The van der Waals surface area contributed by atoms with Crippen molar-refractivity contribution in [3.05, 3.63) is 77.5 Å². The number of rotatable bonds is 7. The fourth-order valence-electron chi connectivity index (χ4n) is 3.84. The van der Waals surface area contributed by atoms with Gasteiger partial charge in [0.15, 0.2) is 0 Å². The molecule has 0 aliphatic carbocycles. The fraction of sp³-hybridized carbons (Fsp3) is 0.250. The molecule has 1 amide bonds. The number of pyridine rings is 1. The van der Waals surface area contributed by atoms with E-state index in [-0.39, 0.29) is 22.8 Å². The maximum absolute atomic E-state index is 13.6. The number of anilines is 1. The molecule has 0 unspecified atom stereocenters. The number of sulfonamides is 1. The summed E-state index contributed by atoms with van der Waals surface area (Å²) in [6, 6.07) is 15.4. The molecule has 1 aliphatic heterocycles. The number of nitrogens with zero attached hydrogens (tertiary/aromatic N) is 2. The summed E-state index contributed by atoms with van der Waals surface area (Å²) in [6.07, 6.45) is 3.13. The Morgan fingerprint density at radius 3 is 2.70 bits per heavy atom. The Hall–Kier alpha value is -3.59. The van der Waals surface area contributed by atoms with Crippen molar-refractivity contribution in [1.29, 1.82) is 0 Å². The van der Waals surface area contributed by atoms with Gasteiger partial charge in [0.2, 0.25) is 5.88 Å². The Morgan fingerprint density at radius 2 is 1.91 bits per heavy atom. The number of hydrogen-bond donors (Lipinski definition) is 1. The van der Waals surface area contributed by atoms with E-state index in [0.717, 1.165) is 17.5 Å². The van der Waals surface area contributed by atoms with Gasteiger partial charge < -0.3 is 14.8 Å². The Labute approximate surface area is 193 Å². The summed E-state index contributed by atoms with van der Waals surface area (Å²) < 4.78 is 39.1. The SMILES string of the molecule is COc1cc(CNC(=O)c2ccc(OC)c(S(=O)(=O)N3CCCc4ccccc43)c2)ccn1. The Kier molecular flexibility index (Phi) is 6.50. The van der Waals surface area contributed by atoms with Crippen LogP contribution in [0.3, 0.4) is 0 Å². The molecule has 0 saturated heterocycles. The summed E-state index contributed by atoms with van der Waals surface area (Å²) in [5.41, 5.74) is 2.67. The summed E-state index contributed by atoms with van der Waals surface area (Å²) in [6.45, 7) is 0.605. The minimum atomic E-state index is -3.95. The van der Waals surface area contributed by atoms with Gasteiger partial charge in [-0.25, -0.2) is 13.4 Å². The molecule has 0 atom stereocenters. The van der Waals surface area contributed by atoms with Gasteiger partial charge in [0.05, 0.1) is 19.9 Å². The van der Waals surface area contributed by atoms with E-state index in [1.165, 1.54) is 30.7 Å². The number of benzene rings is 2. The molecule has 0 fully saturated rings. The summed E-state index contributed by atoms with van der Waals surface area (Å²) in [4.78, 5) is 16.8. The zero-order valence-corrected chi connectivity index (χ0v) is 19.3. The van der Waals surface area contributed by atoms with Crippen LogP contribution in [0.4, 0.5) is 5.69 Å². The summed E-state index contributed by atoms with van der Waals surface area (Å²) in [7, 11) is -1.02. The molecule has 0 spiro atoms. The molecule has 2 heterocycles. The van der Waals surface area contributed by atoms with Gasteiger partial charge in [-0.2, -0.15) is 0 Å². The second-order valence-electron chi connectivity index (χ2n) is 7.56. The lowest BCUT2D eigenvalue weighted by molar-refractivity contribution is 0.0950. The van der Waals surface area contributed by atoms with Crippen molar-refractivity contribution in [3.8, 4) is 11.6 Å². The Morgan fingerprint density at radius 1 is 1.09 bits per heavy atom. The Balaban J connectivity index is 1.62. The van der Waals surface area contributed by atoms with Crippen molar-refractivity contribution < 1.29 is 22.7 Å². The van der Waals surface area contributed by atoms with Crippen LogP contribution in [0, 0.1) is 0 Å². The second-order valence-corrected chi connectivity index (χ2v) is 9.39. The third-order valence-corrected chi connectivity index (χ3v) is 7.36. The van der Waals surface area contributed by atoms with Crippen molar-refractivity contribution >= 4 is 21.6 Å². The molecule has 0 bridgehead atoms. The van der Waals surface area contributed by atoms with E-state index < -0.39 is 15.9 Å². The van der Waals surface area contributed by atoms with Crippen molar-refractivity contribution in [3.63, 3.8) is 0 Å². The van der Waals surface area contributed by atoms with Gasteiger partial charge in [-0.15, -0.1) is 0 Å². The number of methoxy groups -OCH3 is 2. The predicted molar refractivity (Wildman–Crippen MR) is 124 cm³/mol. The van der Waals surface area contributed by atoms with E-state index >= 15 is 0 Å². The smallest absolute Gasteiger partial charge is 0.268 e. The van der Waals surface area contributed by atoms with Gasteiger partial charge in [0.1, 0.15) is 10.6 Å². The number of carbonyl (C=O) groups excluding carboxylic acids is 1. The van der Waals surface area contributed by atoms with Gasteiger partial charge >= 0.3 is 0 Å². The molecule has 3 aromatic rings. The van der Waals surface area contributed by atoms with Gasteiger partial charge in [0.25, 0.3) is 15.9 Å². The lowest BCUT2D eigenvalue weighted by Crippen LogP contribution is -2.35. The summed E-state index contributed by atoms with van der Waals surface area (Å²) >= 11 is 0. The first kappa shape index (κ1) is 22.6. The van der Waals surface area contributed by atoms with E-state index in [2.05, 4.69) is 10.3 Å². The van der Waals surface area contributed by atoms with Crippen molar-refractivity contribution in [2.75, 3.05) is 25.1 Å². The zero-order chi connectivity index (χ0) is 23.4.